The lowest BCUT2D eigenvalue weighted by molar-refractivity contribution is -0.385. The first kappa shape index (κ1) is 13.9. The number of nitro groups is 1. The molecular formula is C14H12F2N2O2. The molecule has 0 aromatic heterocycles. The summed E-state index contributed by atoms with van der Waals surface area (Å²) < 4.78 is 26.4. The van der Waals surface area contributed by atoms with E-state index in [4.69, 9.17) is 0 Å². The molecule has 0 unspecified atom stereocenters. The van der Waals surface area contributed by atoms with Crippen LogP contribution >= 0.6 is 0 Å². The maximum absolute atomic E-state index is 13.3. The minimum Gasteiger partial charge on any atom is -0.381 e. The van der Waals surface area contributed by atoms with Gasteiger partial charge in [-0.3, -0.25) is 10.1 Å². The van der Waals surface area contributed by atoms with Crippen molar-refractivity contribution in [2.45, 2.75) is 13.5 Å². The Bertz CT molecular complexity index is 660. The highest BCUT2D eigenvalue weighted by Gasteiger charge is 2.10. The maximum Gasteiger partial charge on any atom is 0.272 e. The SMILES string of the molecule is Cc1ccc(F)cc1NCc1cc(F)cc([N+](=O)[O-])c1. The number of aryl methyl sites for hydroxylation is 1. The van der Waals surface area contributed by atoms with E-state index in [-0.39, 0.29) is 18.0 Å². The van der Waals surface area contributed by atoms with E-state index in [1.165, 1.54) is 24.3 Å². The molecule has 0 fully saturated rings. The number of benzene rings is 2. The van der Waals surface area contributed by atoms with Gasteiger partial charge in [-0.05, 0) is 36.2 Å². The number of halogens is 2. The summed E-state index contributed by atoms with van der Waals surface area (Å²) in [7, 11) is 0. The monoisotopic (exact) mass is 278 g/mol. The lowest BCUT2D eigenvalue weighted by atomic mass is 10.1. The van der Waals surface area contributed by atoms with E-state index in [2.05, 4.69) is 5.32 Å². The number of nitrogens with zero attached hydrogens (tertiary/aromatic N) is 1. The first-order valence-corrected chi connectivity index (χ1v) is 5.89. The van der Waals surface area contributed by atoms with Crippen molar-refractivity contribution in [1.82, 2.24) is 0 Å². The van der Waals surface area contributed by atoms with E-state index in [1.807, 2.05) is 0 Å². The molecule has 104 valence electrons. The summed E-state index contributed by atoms with van der Waals surface area (Å²) in [6.07, 6.45) is 0. The Kier molecular flexibility index (Phi) is 3.93. The second-order valence-corrected chi connectivity index (χ2v) is 4.39. The molecule has 0 aliphatic carbocycles. The van der Waals surface area contributed by atoms with Gasteiger partial charge in [-0.25, -0.2) is 8.78 Å². The molecule has 1 N–H and O–H groups in total. The molecule has 0 aliphatic rings. The first-order chi connectivity index (χ1) is 9.45. The van der Waals surface area contributed by atoms with Gasteiger partial charge in [0.1, 0.15) is 11.6 Å². The minimum atomic E-state index is -0.674. The van der Waals surface area contributed by atoms with Crippen molar-refractivity contribution in [2.75, 3.05) is 5.32 Å². The molecule has 20 heavy (non-hydrogen) atoms. The number of anilines is 1. The molecule has 0 aliphatic heterocycles. The molecular weight excluding hydrogens is 266 g/mol. The van der Waals surface area contributed by atoms with Crippen LogP contribution < -0.4 is 5.32 Å². The van der Waals surface area contributed by atoms with Crippen molar-refractivity contribution < 1.29 is 13.7 Å². The standard InChI is InChI=1S/C14H12F2N2O2/c1-9-2-3-11(15)7-14(9)17-8-10-4-12(16)6-13(5-10)18(19)20/h2-7,17H,8H2,1H3. The van der Waals surface area contributed by atoms with Crippen molar-refractivity contribution in [3.63, 3.8) is 0 Å². The Morgan fingerprint density at radius 2 is 1.90 bits per heavy atom. The van der Waals surface area contributed by atoms with Crippen molar-refractivity contribution in [1.29, 1.82) is 0 Å². The van der Waals surface area contributed by atoms with Crippen molar-refractivity contribution in [2.24, 2.45) is 0 Å². The Hall–Kier alpha value is -2.50. The Balaban J connectivity index is 2.18. The third-order valence-corrected chi connectivity index (χ3v) is 2.84. The Morgan fingerprint density at radius 3 is 2.60 bits per heavy atom. The number of nitrogens with one attached hydrogen (secondary N) is 1. The zero-order valence-electron chi connectivity index (χ0n) is 10.7. The van der Waals surface area contributed by atoms with Gasteiger partial charge in [-0.1, -0.05) is 6.07 Å². The minimum absolute atomic E-state index is 0.170. The molecule has 0 heterocycles. The summed E-state index contributed by atoms with van der Waals surface area (Å²) in [5.74, 6) is -1.06. The molecule has 0 atom stereocenters. The van der Waals surface area contributed by atoms with Gasteiger partial charge in [0.25, 0.3) is 5.69 Å². The fraction of sp³-hybridized carbons (Fsp3) is 0.143. The number of hydrogen-bond acceptors (Lipinski definition) is 3. The predicted octanol–water partition coefficient (Wildman–Crippen LogP) is 3.79. The van der Waals surface area contributed by atoms with Gasteiger partial charge in [-0.15, -0.1) is 0 Å². The highest BCUT2D eigenvalue weighted by atomic mass is 19.1. The van der Waals surface area contributed by atoms with Crippen LogP contribution in [-0.2, 0) is 6.54 Å². The lowest BCUT2D eigenvalue weighted by Gasteiger charge is -2.09. The van der Waals surface area contributed by atoms with Crippen LogP contribution in [0.2, 0.25) is 0 Å². The normalized spacial score (nSPS) is 10.3. The van der Waals surface area contributed by atoms with Crippen LogP contribution in [0.15, 0.2) is 36.4 Å². The second kappa shape index (κ2) is 5.64. The average Bonchev–Trinajstić information content (AvgIpc) is 2.39. The first-order valence-electron chi connectivity index (χ1n) is 5.89. The van der Waals surface area contributed by atoms with Crippen molar-refractivity contribution >= 4 is 11.4 Å². The van der Waals surface area contributed by atoms with Crippen LogP contribution in [0, 0.1) is 28.7 Å². The smallest absolute Gasteiger partial charge is 0.272 e. The van der Waals surface area contributed by atoms with Gasteiger partial charge < -0.3 is 5.32 Å². The van der Waals surface area contributed by atoms with Crippen LogP contribution in [-0.4, -0.2) is 4.92 Å². The lowest BCUT2D eigenvalue weighted by Crippen LogP contribution is -2.03. The van der Waals surface area contributed by atoms with Gasteiger partial charge in [0.05, 0.1) is 11.0 Å². The third-order valence-electron chi connectivity index (χ3n) is 2.84. The summed E-state index contributed by atoms with van der Waals surface area (Å²) in [4.78, 5) is 9.99. The molecule has 4 nitrogen and oxygen atoms in total. The topological polar surface area (TPSA) is 55.2 Å². The fourth-order valence-electron chi connectivity index (χ4n) is 1.82. The number of nitro benzene ring substituents is 1. The quantitative estimate of drug-likeness (QED) is 0.683. The molecule has 0 saturated heterocycles. The van der Waals surface area contributed by atoms with E-state index in [0.29, 0.717) is 11.3 Å². The average molecular weight is 278 g/mol. The molecule has 2 aromatic carbocycles. The zero-order chi connectivity index (χ0) is 14.7. The van der Waals surface area contributed by atoms with Crippen LogP contribution in [0.3, 0.4) is 0 Å². The van der Waals surface area contributed by atoms with Gasteiger partial charge in [0, 0.05) is 18.3 Å². The molecule has 2 aromatic rings. The zero-order valence-corrected chi connectivity index (χ0v) is 10.7. The largest absolute Gasteiger partial charge is 0.381 e. The van der Waals surface area contributed by atoms with E-state index >= 15 is 0 Å². The molecule has 0 radical (unpaired) electrons. The summed E-state index contributed by atoms with van der Waals surface area (Å²) in [5.41, 5.74) is 1.51. The van der Waals surface area contributed by atoms with E-state index in [0.717, 1.165) is 11.6 Å². The van der Waals surface area contributed by atoms with Gasteiger partial charge in [-0.2, -0.15) is 0 Å². The molecule has 2 rings (SSSR count). The van der Waals surface area contributed by atoms with Crippen LogP contribution in [0.25, 0.3) is 0 Å². The van der Waals surface area contributed by atoms with Crippen LogP contribution in [0.5, 0.6) is 0 Å². The summed E-state index contributed by atoms with van der Waals surface area (Å²) >= 11 is 0. The highest BCUT2D eigenvalue weighted by Crippen LogP contribution is 2.20. The fourth-order valence-corrected chi connectivity index (χ4v) is 1.82. The molecule has 0 bridgehead atoms. The van der Waals surface area contributed by atoms with Gasteiger partial charge in [0.2, 0.25) is 0 Å². The Labute approximate surface area is 114 Å². The van der Waals surface area contributed by atoms with Crippen LogP contribution in [0.1, 0.15) is 11.1 Å². The number of non-ortho nitro benzene ring substituents is 1. The maximum atomic E-state index is 13.3. The highest BCUT2D eigenvalue weighted by molar-refractivity contribution is 5.51. The van der Waals surface area contributed by atoms with Gasteiger partial charge in [0.15, 0.2) is 0 Å². The molecule has 6 heteroatoms. The van der Waals surface area contributed by atoms with Gasteiger partial charge >= 0.3 is 0 Å². The van der Waals surface area contributed by atoms with Crippen molar-refractivity contribution in [3.8, 4) is 0 Å². The van der Waals surface area contributed by atoms with Crippen molar-refractivity contribution in [3.05, 3.63) is 69.3 Å². The predicted molar refractivity (Wildman–Crippen MR) is 71.5 cm³/mol. The summed E-state index contributed by atoms with van der Waals surface area (Å²) in [6.45, 7) is 1.97. The Morgan fingerprint density at radius 1 is 1.15 bits per heavy atom. The van der Waals surface area contributed by atoms with E-state index < -0.39 is 10.7 Å². The summed E-state index contributed by atoms with van der Waals surface area (Å²) in [5, 5.41) is 13.6. The number of hydrogen-bond donors (Lipinski definition) is 1. The van der Waals surface area contributed by atoms with E-state index in [1.54, 1.807) is 13.0 Å². The van der Waals surface area contributed by atoms with E-state index in [9.17, 15) is 18.9 Å². The van der Waals surface area contributed by atoms with Crippen LogP contribution in [0.4, 0.5) is 20.2 Å². The second-order valence-electron chi connectivity index (χ2n) is 4.39. The molecule has 0 saturated carbocycles. The molecule has 0 amide bonds. The summed E-state index contributed by atoms with van der Waals surface area (Å²) in [6, 6.07) is 7.62. The number of rotatable bonds is 4. The third kappa shape index (κ3) is 3.28. The molecule has 0 spiro atoms.